The van der Waals surface area contributed by atoms with Crippen molar-refractivity contribution in [3.63, 3.8) is 0 Å². The van der Waals surface area contributed by atoms with Gasteiger partial charge in [-0.05, 0) is 73.9 Å². The Labute approximate surface area is 204 Å². The van der Waals surface area contributed by atoms with E-state index in [0.717, 1.165) is 51.7 Å². The molecule has 0 saturated carbocycles. The van der Waals surface area contributed by atoms with Gasteiger partial charge in [0.25, 0.3) is 5.91 Å². The highest BCUT2D eigenvalue weighted by Crippen LogP contribution is 2.26. The van der Waals surface area contributed by atoms with Crippen LogP contribution in [-0.4, -0.2) is 29.2 Å². The van der Waals surface area contributed by atoms with Crippen LogP contribution in [0.3, 0.4) is 0 Å². The molecule has 0 fully saturated rings. The average Bonchev–Trinajstić information content (AvgIpc) is 3.21. The Morgan fingerprint density at radius 2 is 1.79 bits per heavy atom. The summed E-state index contributed by atoms with van der Waals surface area (Å²) in [5.74, 6) is 2.09. The van der Waals surface area contributed by atoms with Gasteiger partial charge in [0.2, 0.25) is 0 Å². The largest absolute Gasteiger partial charge is 0.497 e. The zero-order valence-electron chi connectivity index (χ0n) is 19.6. The lowest BCUT2D eigenvalue weighted by Gasteiger charge is -2.12. The lowest BCUT2D eigenvalue weighted by Crippen LogP contribution is -2.25. The van der Waals surface area contributed by atoms with Crippen molar-refractivity contribution >= 4 is 28.5 Å². The Morgan fingerprint density at radius 1 is 1.03 bits per heavy atom. The SMILES string of the molecule is COc1cccc(C(=O)NCc2nc3ccccc3n2CCCOc2cc(C)c(Cl)c(C)c2)c1. The van der Waals surface area contributed by atoms with E-state index in [-0.39, 0.29) is 5.91 Å². The van der Waals surface area contributed by atoms with E-state index in [0.29, 0.717) is 24.5 Å². The number of para-hydroxylation sites is 2. The summed E-state index contributed by atoms with van der Waals surface area (Å²) in [5, 5.41) is 3.76. The van der Waals surface area contributed by atoms with E-state index in [1.807, 2.05) is 56.3 Å². The number of halogens is 1. The second-order valence-electron chi connectivity index (χ2n) is 8.16. The Balaban J connectivity index is 1.43. The number of ether oxygens (including phenoxy) is 2. The minimum absolute atomic E-state index is 0.172. The zero-order chi connectivity index (χ0) is 24.1. The van der Waals surface area contributed by atoms with Crippen LogP contribution in [0, 0.1) is 13.8 Å². The maximum absolute atomic E-state index is 12.7. The summed E-state index contributed by atoms with van der Waals surface area (Å²) in [6.07, 6.45) is 0.790. The second kappa shape index (κ2) is 10.6. The van der Waals surface area contributed by atoms with Gasteiger partial charge in [0.1, 0.15) is 17.3 Å². The molecule has 4 rings (SSSR count). The molecule has 0 aliphatic rings. The van der Waals surface area contributed by atoms with Gasteiger partial charge in [-0.25, -0.2) is 4.98 Å². The maximum Gasteiger partial charge on any atom is 0.251 e. The molecule has 0 unspecified atom stereocenters. The van der Waals surface area contributed by atoms with Crippen LogP contribution in [0.1, 0.15) is 33.7 Å². The topological polar surface area (TPSA) is 65.4 Å². The van der Waals surface area contributed by atoms with Crippen molar-refractivity contribution in [2.24, 2.45) is 0 Å². The predicted octanol–water partition coefficient (Wildman–Crippen LogP) is 5.71. The highest BCUT2D eigenvalue weighted by molar-refractivity contribution is 6.32. The molecule has 1 heterocycles. The number of rotatable bonds is 9. The molecule has 6 nitrogen and oxygen atoms in total. The molecule has 1 aromatic heterocycles. The Kier molecular flexibility index (Phi) is 7.38. The first kappa shape index (κ1) is 23.6. The summed E-state index contributed by atoms with van der Waals surface area (Å²) in [7, 11) is 1.58. The molecule has 0 radical (unpaired) electrons. The van der Waals surface area contributed by atoms with Crippen molar-refractivity contribution in [3.05, 3.63) is 88.2 Å². The first-order chi connectivity index (χ1) is 16.5. The van der Waals surface area contributed by atoms with Crippen LogP contribution in [0.4, 0.5) is 0 Å². The summed E-state index contributed by atoms with van der Waals surface area (Å²) in [5.41, 5.74) is 4.49. The van der Waals surface area contributed by atoms with E-state index >= 15 is 0 Å². The molecule has 0 spiro atoms. The number of carbonyl (C=O) groups is 1. The van der Waals surface area contributed by atoms with Crippen molar-refractivity contribution < 1.29 is 14.3 Å². The van der Waals surface area contributed by atoms with E-state index in [1.165, 1.54) is 0 Å². The number of fused-ring (bicyclic) bond motifs is 1. The van der Waals surface area contributed by atoms with Crippen LogP contribution in [-0.2, 0) is 13.1 Å². The van der Waals surface area contributed by atoms with Crippen molar-refractivity contribution in [1.29, 1.82) is 0 Å². The monoisotopic (exact) mass is 477 g/mol. The molecular formula is C27H28ClN3O3. The summed E-state index contributed by atoms with van der Waals surface area (Å²) in [4.78, 5) is 17.4. The van der Waals surface area contributed by atoms with Crippen LogP contribution in [0.15, 0.2) is 60.7 Å². The van der Waals surface area contributed by atoms with E-state index < -0.39 is 0 Å². The van der Waals surface area contributed by atoms with Crippen molar-refractivity contribution in [2.75, 3.05) is 13.7 Å². The van der Waals surface area contributed by atoms with Crippen molar-refractivity contribution in [1.82, 2.24) is 14.9 Å². The lowest BCUT2D eigenvalue weighted by molar-refractivity contribution is 0.0949. The standard InChI is InChI=1S/C27H28ClN3O3/c1-18-14-22(15-19(2)26(18)28)34-13-7-12-31-24-11-5-4-10-23(24)30-25(31)17-29-27(32)20-8-6-9-21(16-20)33-3/h4-6,8-11,14-16H,7,12-13,17H2,1-3H3,(H,29,32). The second-order valence-corrected chi connectivity index (χ2v) is 8.53. The van der Waals surface area contributed by atoms with Crippen molar-refractivity contribution in [2.45, 2.75) is 33.4 Å². The van der Waals surface area contributed by atoms with E-state index in [1.54, 1.807) is 25.3 Å². The van der Waals surface area contributed by atoms with Crippen LogP contribution in [0.2, 0.25) is 5.02 Å². The molecule has 3 aromatic carbocycles. The van der Waals surface area contributed by atoms with Crippen LogP contribution in [0.25, 0.3) is 11.0 Å². The smallest absolute Gasteiger partial charge is 0.251 e. The van der Waals surface area contributed by atoms with Gasteiger partial charge in [0, 0.05) is 17.1 Å². The number of nitrogens with zero attached hydrogens (tertiary/aromatic N) is 2. The van der Waals surface area contributed by atoms with Gasteiger partial charge in [-0.15, -0.1) is 0 Å². The molecule has 34 heavy (non-hydrogen) atoms. The number of benzene rings is 3. The van der Waals surface area contributed by atoms with Gasteiger partial charge < -0.3 is 19.4 Å². The van der Waals surface area contributed by atoms with Gasteiger partial charge in [-0.1, -0.05) is 29.8 Å². The van der Waals surface area contributed by atoms with Gasteiger partial charge in [0.05, 0.1) is 31.3 Å². The Morgan fingerprint density at radius 3 is 2.56 bits per heavy atom. The summed E-state index contributed by atoms with van der Waals surface area (Å²) in [6.45, 7) is 5.55. The number of hydrogen-bond donors (Lipinski definition) is 1. The molecular weight excluding hydrogens is 450 g/mol. The fraction of sp³-hybridized carbons (Fsp3) is 0.259. The number of imidazole rings is 1. The van der Waals surface area contributed by atoms with Gasteiger partial charge in [0.15, 0.2) is 0 Å². The minimum Gasteiger partial charge on any atom is -0.497 e. The summed E-state index contributed by atoms with van der Waals surface area (Å²) in [6, 6.07) is 19.0. The van der Waals surface area contributed by atoms with Crippen molar-refractivity contribution in [3.8, 4) is 11.5 Å². The third-order valence-corrected chi connectivity index (χ3v) is 6.27. The van der Waals surface area contributed by atoms with Gasteiger partial charge in [-0.3, -0.25) is 4.79 Å². The van der Waals surface area contributed by atoms with Crippen LogP contribution in [0.5, 0.6) is 11.5 Å². The van der Waals surface area contributed by atoms with Crippen LogP contribution >= 0.6 is 11.6 Å². The lowest BCUT2D eigenvalue weighted by atomic mass is 10.1. The number of aryl methyl sites for hydroxylation is 3. The summed E-state index contributed by atoms with van der Waals surface area (Å²) < 4.78 is 13.3. The zero-order valence-corrected chi connectivity index (χ0v) is 20.4. The molecule has 1 N–H and O–H groups in total. The number of aromatic nitrogens is 2. The average molecular weight is 478 g/mol. The molecule has 1 amide bonds. The van der Waals surface area contributed by atoms with Crippen LogP contribution < -0.4 is 14.8 Å². The number of nitrogens with one attached hydrogen (secondary N) is 1. The molecule has 0 aliphatic carbocycles. The van der Waals surface area contributed by atoms with E-state index in [9.17, 15) is 4.79 Å². The number of amides is 1. The summed E-state index contributed by atoms with van der Waals surface area (Å²) >= 11 is 6.26. The number of methoxy groups -OCH3 is 1. The normalized spacial score (nSPS) is 10.9. The Bertz CT molecular complexity index is 1290. The quantitative estimate of drug-likeness (QED) is 0.313. The highest BCUT2D eigenvalue weighted by Gasteiger charge is 2.13. The highest BCUT2D eigenvalue weighted by atomic mass is 35.5. The fourth-order valence-electron chi connectivity index (χ4n) is 3.94. The maximum atomic E-state index is 12.7. The minimum atomic E-state index is -0.172. The third kappa shape index (κ3) is 5.34. The molecule has 0 saturated heterocycles. The van der Waals surface area contributed by atoms with Gasteiger partial charge in [-0.2, -0.15) is 0 Å². The third-order valence-electron chi connectivity index (χ3n) is 5.68. The van der Waals surface area contributed by atoms with Gasteiger partial charge >= 0.3 is 0 Å². The molecule has 0 aliphatic heterocycles. The molecule has 0 bridgehead atoms. The molecule has 176 valence electrons. The fourth-order valence-corrected chi connectivity index (χ4v) is 4.05. The molecule has 0 atom stereocenters. The number of hydrogen-bond acceptors (Lipinski definition) is 4. The Hall–Kier alpha value is -3.51. The first-order valence-electron chi connectivity index (χ1n) is 11.2. The first-order valence-corrected chi connectivity index (χ1v) is 11.6. The van der Waals surface area contributed by atoms with E-state index in [4.69, 9.17) is 26.1 Å². The predicted molar refractivity (Wildman–Crippen MR) is 135 cm³/mol. The van der Waals surface area contributed by atoms with E-state index in [2.05, 4.69) is 9.88 Å². The number of carbonyl (C=O) groups excluding carboxylic acids is 1. The molecule has 7 heteroatoms. The molecule has 4 aromatic rings.